The summed E-state index contributed by atoms with van der Waals surface area (Å²) in [6.45, 7) is 4.45. The van der Waals surface area contributed by atoms with Gasteiger partial charge in [0, 0.05) is 11.6 Å². The quantitative estimate of drug-likeness (QED) is 0.847. The highest BCUT2D eigenvalue weighted by Crippen LogP contribution is 2.20. The van der Waals surface area contributed by atoms with Crippen LogP contribution in [0.15, 0.2) is 18.2 Å². The summed E-state index contributed by atoms with van der Waals surface area (Å²) in [5.41, 5.74) is 1.20. The van der Waals surface area contributed by atoms with E-state index in [4.69, 9.17) is 16.9 Å². The van der Waals surface area contributed by atoms with Gasteiger partial charge in [-0.3, -0.25) is 0 Å². The number of hydrogen-bond acceptors (Lipinski definition) is 3. The first kappa shape index (κ1) is 13.8. The van der Waals surface area contributed by atoms with Gasteiger partial charge in [-0.05, 0) is 24.1 Å². The van der Waals surface area contributed by atoms with Crippen molar-refractivity contribution in [3.8, 4) is 6.07 Å². The molecule has 0 amide bonds. The van der Waals surface area contributed by atoms with Crippen LogP contribution >= 0.6 is 11.6 Å². The van der Waals surface area contributed by atoms with Crippen LogP contribution < -0.4 is 5.32 Å². The van der Waals surface area contributed by atoms with Crippen molar-refractivity contribution in [1.29, 1.82) is 5.26 Å². The van der Waals surface area contributed by atoms with Crippen molar-refractivity contribution in [2.75, 3.05) is 11.9 Å². The number of aliphatic hydroxyl groups excluding tert-OH is 1. The Morgan fingerprint density at radius 2 is 2.24 bits per heavy atom. The summed E-state index contributed by atoms with van der Waals surface area (Å²) in [4.78, 5) is 0. The van der Waals surface area contributed by atoms with Gasteiger partial charge in [0.05, 0.1) is 17.4 Å². The maximum Gasteiger partial charge on any atom is 0.101 e. The van der Waals surface area contributed by atoms with Gasteiger partial charge in [-0.1, -0.05) is 31.9 Å². The highest BCUT2D eigenvalue weighted by Gasteiger charge is 2.12. The summed E-state index contributed by atoms with van der Waals surface area (Å²) in [5, 5.41) is 22.4. The van der Waals surface area contributed by atoms with Gasteiger partial charge in [-0.25, -0.2) is 0 Å². The molecule has 0 aliphatic carbocycles. The lowest BCUT2D eigenvalue weighted by Crippen LogP contribution is -2.26. The Balaban J connectivity index is 2.69. The number of anilines is 1. The SMILES string of the molecule is CCC(C)C(O)CNc1cc(Cl)ccc1C#N. The largest absolute Gasteiger partial charge is 0.391 e. The lowest BCUT2D eigenvalue weighted by atomic mass is 10.0. The maximum absolute atomic E-state index is 9.83. The van der Waals surface area contributed by atoms with E-state index in [9.17, 15) is 5.11 Å². The Morgan fingerprint density at radius 3 is 2.82 bits per heavy atom. The van der Waals surface area contributed by atoms with Gasteiger partial charge in [-0.2, -0.15) is 5.26 Å². The monoisotopic (exact) mass is 252 g/mol. The second kappa shape index (κ2) is 6.48. The van der Waals surface area contributed by atoms with Gasteiger partial charge in [0.25, 0.3) is 0 Å². The van der Waals surface area contributed by atoms with Crippen LogP contribution in [-0.4, -0.2) is 17.8 Å². The molecule has 0 aliphatic rings. The van der Waals surface area contributed by atoms with Gasteiger partial charge in [-0.15, -0.1) is 0 Å². The van der Waals surface area contributed by atoms with Crippen LogP contribution in [0.25, 0.3) is 0 Å². The van der Waals surface area contributed by atoms with Gasteiger partial charge < -0.3 is 10.4 Å². The van der Waals surface area contributed by atoms with E-state index in [1.807, 2.05) is 13.8 Å². The fraction of sp³-hybridized carbons (Fsp3) is 0.462. The van der Waals surface area contributed by atoms with Crippen LogP contribution in [0.3, 0.4) is 0 Å². The summed E-state index contributed by atoms with van der Waals surface area (Å²) in [7, 11) is 0. The van der Waals surface area contributed by atoms with Gasteiger partial charge in [0.1, 0.15) is 6.07 Å². The molecule has 1 aromatic rings. The molecule has 0 saturated heterocycles. The molecule has 0 bridgehead atoms. The van der Waals surface area contributed by atoms with Crippen LogP contribution in [-0.2, 0) is 0 Å². The van der Waals surface area contributed by atoms with Crippen LogP contribution in [0.2, 0.25) is 5.02 Å². The topological polar surface area (TPSA) is 56.0 Å². The van der Waals surface area contributed by atoms with Crippen molar-refractivity contribution < 1.29 is 5.11 Å². The number of hydrogen-bond donors (Lipinski definition) is 2. The molecule has 17 heavy (non-hydrogen) atoms. The van der Waals surface area contributed by atoms with Gasteiger partial charge in [0.15, 0.2) is 0 Å². The Labute approximate surface area is 107 Å². The predicted molar refractivity (Wildman–Crippen MR) is 70.1 cm³/mol. The third kappa shape index (κ3) is 3.92. The lowest BCUT2D eigenvalue weighted by Gasteiger charge is -2.18. The van der Waals surface area contributed by atoms with Crippen molar-refractivity contribution in [1.82, 2.24) is 0 Å². The molecule has 1 aromatic carbocycles. The van der Waals surface area contributed by atoms with Gasteiger partial charge >= 0.3 is 0 Å². The molecule has 4 heteroatoms. The number of nitrogens with one attached hydrogen (secondary N) is 1. The molecule has 2 unspecified atom stereocenters. The zero-order valence-electron chi connectivity index (χ0n) is 10.1. The Bertz CT molecular complexity index is 414. The smallest absolute Gasteiger partial charge is 0.101 e. The third-order valence-electron chi connectivity index (χ3n) is 2.90. The van der Waals surface area contributed by atoms with Crippen molar-refractivity contribution in [3.05, 3.63) is 28.8 Å². The first-order chi connectivity index (χ1) is 8.08. The molecule has 0 heterocycles. The molecule has 92 valence electrons. The number of halogens is 1. The normalized spacial score (nSPS) is 13.8. The van der Waals surface area contributed by atoms with Crippen LogP contribution in [0.5, 0.6) is 0 Å². The highest BCUT2D eigenvalue weighted by atomic mass is 35.5. The maximum atomic E-state index is 9.83. The summed E-state index contributed by atoms with van der Waals surface area (Å²) in [6, 6.07) is 7.13. The molecule has 3 nitrogen and oxygen atoms in total. The van der Waals surface area contributed by atoms with E-state index in [2.05, 4.69) is 11.4 Å². The summed E-state index contributed by atoms with van der Waals surface area (Å²) >= 11 is 5.87. The summed E-state index contributed by atoms with van der Waals surface area (Å²) in [5.74, 6) is 0.229. The van der Waals surface area contributed by atoms with Crippen molar-refractivity contribution in [3.63, 3.8) is 0 Å². The Morgan fingerprint density at radius 1 is 1.53 bits per heavy atom. The van der Waals surface area contributed by atoms with E-state index in [1.54, 1.807) is 18.2 Å². The molecule has 0 spiro atoms. The first-order valence-corrected chi connectivity index (χ1v) is 6.07. The van der Waals surface area contributed by atoms with Crippen LogP contribution in [0.1, 0.15) is 25.8 Å². The minimum atomic E-state index is -0.425. The molecular weight excluding hydrogens is 236 g/mol. The summed E-state index contributed by atoms with van der Waals surface area (Å²) < 4.78 is 0. The first-order valence-electron chi connectivity index (χ1n) is 5.70. The number of nitrogens with zero attached hydrogens (tertiary/aromatic N) is 1. The van der Waals surface area contributed by atoms with Crippen molar-refractivity contribution in [2.45, 2.75) is 26.4 Å². The molecule has 2 N–H and O–H groups in total. The fourth-order valence-corrected chi connectivity index (χ4v) is 1.62. The molecule has 1 rings (SSSR count). The fourth-order valence-electron chi connectivity index (χ4n) is 1.45. The number of nitriles is 1. The zero-order valence-corrected chi connectivity index (χ0v) is 10.8. The number of rotatable bonds is 5. The molecule has 0 saturated carbocycles. The molecule has 2 atom stereocenters. The highest BCUT2D eigenvalue weighted by molar-refractivity contribution is 6.30. The average molecular weight is 253 g/mol. The van der Waals surface area contributed by atoms with E-state index in [0.29, 0.717) is 22.8 Å². The molecule has 0 aromatic heterocycles. The van der Waals surface area contributed by atoms with E-state index in [0.717, 1.165) is 6.42 Å². The molecule has 0 aliphatic heterocycles. The van der Waals surface area contributed by atoms with Crippen LogP contribution in [0, 0.1) is 17.2 Å². The van der Waals surface area contributed by atoms with Crippen molar-refractivity contribution in [2.24, 2.45) is 5.92 Å². The number of aliphatic hydroxyl groups is 1. The van der Waals surface area contributed by atoms with Crippen LogP contribution in [0.4, 0.5) is 5.69 Å². The minimum Gasteiger partial charge on any atom is -0.391 e. The number of benzene rings is 1. The van der Waals surface area contributed by atoms with E-state index in [-0.39, 0.29) is 5.92 Å². The van der Waals surface area contributed by atoms with Crippen molar-refractivity contribution >= 4 is 17.3 Å². The van der Waals surface area contributed by atoms with E-state index >= 15 is 0 Å². The predicted octanol–water partition coefficient (Wildman–Crippen LogP) is 3.03. The zero-order chi connectivity index (χ0) is 12.8. The Kier molecular flexibility index (Phi) is 5.27. The third-order valence-corrected chi connectivity index (χ3v) is 3.14. The Hall–Kier alpha value is -1.24. The molecule has 0 radical (unpaired) electrons. The van der Waals surface area contributed by atoms with E-state index < -0.39 is 6.10 Å². The second-order valence-electron chi connectivity index (χ2n) is 4.14. The lowest BCUT2D eigenvalue weighted by molar-refractivity contribution is 0.126. The summed E-state index contributed by atoms with van der Waals surface area (Å²) in [6.07, 6.45) is 0.495. The second-order valence-corrected chi connectivity index (χ2v) is 4.57. The van der Waals surface area contributed by atoms with Gasteiger partial charge in [0.2, 0.25) is 0 Å². The van der Waals surface area contributed by atoms with E-state index in [1.165, 1.54) is 0 Å². The molecular formula is C13H17ClN2O. The molecule has 0 fully saturated rings. The minimum absolute atomic E-state index is 0.229. The standard InChI is InChI=1S/C13H17ClN2O/c1-3-9(2)13(17)8-16-12-6-11(14)5-4-10(12)7-15/h4-6,9,13,16-17H,3,8H2,1-2H3. The average Bonchev–Trinajstić information content (AvgIpc) is 2.35.